The lowest BCUT2D eigenvalue weighted by atomic mass is 10.1. The van der Waals surface area contributed by atoms with Gasteiger partial charge in [-0.1, -0.05) is 17.7 Å². The second-order valence-corrected chi connectivity index (χ2v) is 4.90. The summed E-state index contributed by atoms with van der Waals surface area (Å²) >= 11 is 5.64. The van der Waals surface area contributed by atoms with E-state index < -0.39 is 0 Å². The molecule has 1 aliphatic rings. The summed E-state index contributed by atoms with van der Waals surface area (Å²) in [5, 5.41) is 3.10. The van der Waals surface area contributed by atoms with Crippen molar-refractivity contribution >= 4 is 23.2 Å². The number of benzene rings is 1. The second-order valence-electron chi connectivity index (χ2n) is 4.52. The Balaban J connectivity index is 1.77. The molecular weight excluding hydrogens is 262 g/mol. The van der Waals surface area contributed by atoms with Crippen LogP contribution in [-0.4, -0.2) is 15.9 Å². The molecule has 4 nitrogen and oxygen atoms in total. The van der Waals surface area contributed by atoms with Gasteiger partial charge in [-0.3, -0.25) is 4.79 Å². The van der Waals surface area contributed by atoms with Gasteiger partial charge < -0.3 is 5.32 Å². The standard InChI is InChI=1S/C14H12ClN3O/c15-13-8-16-12(7-17-13)14(19)18-11-5-4-9-2-1-3-10(9)6-11/h4-8H,1-3H2,(H,18,19). The molecule has 1 aliphatic carbocycles. The number of nitrogens with one attached hydrogen (secondary N) is 1. The van der Waals surface area contributed by atoms with Crippen LogP contribution in [0.1, 0.15) is 28.0 Å². The van der Waals surface area contributed by atoms with Gasteiger partial charge in [0.2, 0.25) is 0 Å². The van der Waals surface area contributed by atoms with E-state index in [1.54, 1.807) is 0 Å². The van der Waals surface area contributed by atoms with Crippen molar-refractivity contribution in [3.63, 3.8) is 0 Å². The van der Waals surface area contributed by atoms with E-state index in [1.807, 2.05) is 12.1 Å². The van der Waals surface area contributed by atoms with E-state index in [1.165, 1.54) is 29.9 Å². The summed E-state index contributed by atoms with van der Waals surface area (Å²) in [5.41, 5.74) is 3.75. The maximum atomic E-state index is 12.0. The fourth-order valence-electron chi connectivity index (χ4n) is 2.27. The van der Waals surface area contributed by atoms with Crippen molar-refractivity contribution < 1.29 is 4.79 Å². The number of fused-ring (bicyclic) bond motifs is 1. The van der Waals surface area contributed by atoms with E-state index >= 15 is 0 Å². The van der Waals surface area contributed by atoms with Crippen LogP contribution in [0.2, 0.25) is 5.15 Å². The first-order valence-electron chi connectivity index (χ1n) is 6.13. The molecule has 0 fully saturated rings. The molecule has 0 radical (unpaired) electrons. The molecular formula is C14H12ClN3O. The Hall–Kier alpha value is -1.94. The highest BCUT2D eigenvalue weighted by atomic mass is 35.5. The van der Waals surface area contributed by atoms with Gasteiger partial charge >= 0.3 is 0 Å². The first-order chi connectivity index (χ1) is 9.22. The fraction of sp³-hybridized carbons (Fsp3) is 0.214. The first-order valence-corrected chi connectivity index (χ1v) is 6.51. The fourth-order valence-corrected chi connectivity index (χ4v) is 2.37. The number of amides is 1. The SMILES string of the molecule is O=C(Nc1ccc2c(c1)CCC2)c1cnc(Cl)cn1. The largest absolute Gasteiger partial charge is 0.321 e. The summed E-state index contributed by atoms with van der Waals surface area (Å²) in [6, 6.07) is 6.03. The van der Waals surface area contributed by atoms with Crippen molar-refractivity contribution in [2.45, 2.75) is 19.3 Å². The Morgan fingerprint density at radius 3 is 2.79 bits per heavy atom. The third-order valence-corrected chi connectivity index (χ3v) is 3.40. The van der Waals surface area contributed by atoms with Crippen LogP contribution in [0.3, 0.4) is 0 Å². The Labute approximate surface area is 115 Å². The molecule has 0 spiro atoms. The van der Waals surface area contributed by atoms with Gasteiger partial charge in [-0.25, -0.2) is 9.97 Å². The summed E-state index contributed by atoms with van der Waals surface area (Å²) in [6.45, 7) is 0. The average Bonchev–Trinajstić information content (AvgIpc) is 2.87. The van der Waals surface area contributed by atoms with Crippen LogP contribution in [0.5, 0.6) is 0 Å². The molecule has 3 rings (SSSR count). The van der Waals surface area contributed by atoms with Crippen LogP contribution in [0.15, 0.2) is 30.6 Å². The lowest BCUT2D eigenvalue weighted by Gasteiger charge is -2.06. The van der Waals surface area contributed by atoms with Crippen molar-refractivity contribution in [1.82, 2.24) is 9.97 Å². The minimum atomic E-state index is -0.276. The van der Waals surface area contributed by atoms with Crippen molar-refractivity contribution in [2.24, 2.45) is 0 Å². The number of hydrogen-bond donors (Lipinski definition) is 1. The van der Waals surface area contributed by atoms with E-state index in [2.05, 4.69) is 21.4 Å². The summed E-state index contributed by atoms with van der Waals surface area (Å²) in [7, 11) is 0. The van der Waals surface area contributed by atoms with Crippen LogP contribution in [0.4, 0.5) is 5.69 Å². The maximum Gasteiger partial charge on any atom is 0.275 e. The average molecular weight is 274 g/mol. The van der Waals surface area contributed by atoms with Crippen molar-refractivity contribution in [2.75, 3.05) is 5.32 Å². The Morgan fingerprint density at radius 2 is 2.00 bits per heavy atom. The Bertz CT molecular complexity index is 625. The van der Waals surface area contributed by atoms with E-state index in [0.717, 1.165) is 18.5 Å². The second kappa shape index (κ2) is 4.97. The smallest absolute Gasteiger partial charge is 0.275 e. The monoisotopic (exact) mass is 273 g/mol. The predicted octanol–water partition coefficient (Wildman–Crippen LogP) is 2.87. The summed E-state index contributed by atoms with van der Waals surface area (Å²) in [5.74, 6) is -0.276. The van der Waals surface area contributed by atoms with Gasteiger partial charge in [-0.05, 0) is 42.5 Å². The van der Waals surface area contributed by atoms with Gasteiger partial charge in [0, 0.05) is 5.69 Å². The minimum absolute atomic E-state index is 0.255. The molecule has 2 aromatic rings. The van der Waals surface area contributed by atoms with Gasteiger partial charge in [0.15, 0.2) is 0 Å². The third kappa shape index (κ3) is 2.58. The quantitative estimate of drug-likeness (QED) is 0.915. The van der Waals surface area contributed by atoms with Crippen molar-refractivity contribution in [1.29, 1.82) is 0 Å². The van der Waals surface area contributed by atoms with Crippen LogP contribution >= 0.6 is 11.6 Å². The van der Waals surface area contributed by atoms with E-state index in [-0.39, 0.29) is 16.8 Å². The van der Waals surface area contributed by atoms with Crippen molar-refractivity contribution in [3.05, 3.63) is 52.6 Å². The summed E-state index contributed by atoms with van der Waals surface area (Å²) < 4.78 is 0. The number of carbonyl (C=O) groups excluding carboxylic acids is 1. The zero-order chi connectivity index (χ0) is 13.2. The van der Waals surface area contributed by atoms with Gasteiger partial charge in [0.1, 0.15) is 10.8 Å². The number of aryl methyl sites for hydroxylation is 2. The molecule has 0 atom stereocenters. The molecule has 1 aromatic carbocycles. The zero-order valence-corrected chi connectivity index (χ0v) is 10.9. The van der Waals surface area contributed by atoms with Gasteiger partial charge in [0.05, 0.1) is 12.4 Å². The van der Waals surface area contributed by atoms with Crippen molar-refractivity contribution in [3.8, 4) is 0 Å². The minimum Gasteiger partial charge on any atom is -0.321 e. The number of nitrogens with zero attached hydrogens (tertiary/aromatic N) is 2. The summed E-state index contributed by atoms with van der Waals surface area (Å²) in [6.07, 6.45) is 6.13. The molecule has 1 aromatic heterocycles. The van der Waals surface area contributed by atoms with E-state index in [4.69, 9.17) is 11.6 Å². The molecule has 19 heavy (non-hydrogen) atoms. The highest BCUT2D eigenvalue weighted by Crippen LogP contribution is 2.25. The Morgan fingerprint density at radius 1 is 1.16 bits per heavy atom. The highest BCUT2D eigenvalue weighted by Gasteiger charge is 2.13. The molecule has 0 aliphatic heterocycles. The molecule has 96 valence electrons. The molecule has 5 heteroatoms. The van der Waals surface area contributed by atoms with Crippen LogP contribution in [-0.2, 0) is 12.8 Å². The van der Waals surface area contributed by atoms with Gasteiger partial charge in [0.25, 0.3) is 5.91 Å². The maximum absolute atomic E-state index is 12.0. The normalized spacial score (nSPS) is 13.1. The zero-order valence-electron chi connectivity index (χ0n) is 10.2. The predicted molar refractivity (Wildman–Crippen MR) is 73.5 cm³/mol. The first kappa shape index (κ1) is 12.1. The molecule has 0 saturated carbocycles. The number of halogens is 1. The van der Waals surface area contributed by atoms with Gasteiger partial charge in [-0.15, -0.1) is 0 Å². The molecule has 0 saturated heterocycles. The number of rotatable bonds is 2. The Kier molecular flexibility index (Phi) is 3.17. The molecule has 0 unspecified atom stereocenters. The van der Waals surface area contributed by atoms with Crippen LogP contribution < -0.4 is 5.32 Å². The number of carbonyl (C=O) groups is 1. The van der Waals surface area contributed by atoms with Crippen LogP contribution in [0.25, 0.3) is 0 Å². The van der Waals surface area contributed by atoms with Crippen LogP contribution in [0, 0.1) is 0 Å². The highest BCUT2D eigenvalue weighted by molar-refractivity contribution is 6.29. The summed E-state index contributed by atoms with van der Waals surface area (Å²) in [4.78, 5) is 19.8. The molecule has 1 heterocycles. The number of hydrogen-bond acceptors (Lipinski definition) is 3. The lowest BCUT2D eigenvalue weighted by molar-refractivity contribution is 0.102. The van der Waals surface area contributed by atoms with Gasteiger partial charge in [-0.2, -0.15) is 0 Å². The topological polar surface area (TPSA) is 54.9 Å². The third-order valence-electron chi connectivity index (χ3n) is 3.21. The number of aromatic nitrogens is 2. The molecule has 0 bridgehead atoms. The molecule has 1 amide bonds. The van der Waals surface area contributed by atoms with E-state index in [9.17, 15) is 4.79 Å². The number of anilines is 1. The van der Waals surface area contributed by atoms with E-state index in [0.29, 0.717) is 0 Å². The molecule has 1 N–H and O–H groups in total. The lowest BCUT2D eigenvalue weighted by Crippen LogP contribution is -2.14.